The van der Waals surface area contributed by atoms with Crippen molar-refractivity contribution in [3.63, 3.8) is 0 Å². The molecule has 0 radical (unpaired) electrons. The van der Waals surface area contributed by atoms with Crippen LogP contribution in [-0.4, -0.2) is 27.3 Å². The lowest BCUT2D eigenvalue weighted by Crippen LogP contribution is -2.24. The summed E-state index contributed by atoms with van der Waals surface area (Å²) in [6, 6.07) is 6.14. The second-order valence-electron chi connectivity index (χ2n) is 8.63. The molecule has 7 nitrogen and oxygen atoms in total. The van der Waals surface area contributed by atoms with Crippen molar-refractivity contribution in [2.75, 3.05) is 5.32 Å². The topological polar surface area (TPSA) is 96.9 Å². The quantitative estimate of drug-likeness (QED) is 0.220. The summed E-state index contributed by atoms with van der Waals surface area (Å²) in [7, 11) is 1.13. The maximum Gasteiger partial charge on any atom is 0.416 e. The van der Waals surface area contributed by atoms with Crippen molar-refractivity contribution in [3.05, 3.63) is 97.4 Å². The van der Waals surface area contributed by atoms with E-state index in [1.807, 2.05) is 0 Å². The molecule has 0 aliphatic carbocycles. The molecule has 0 unspecified atom stereocenters. The van der Waals surface area contributed by atoms with Gasteiger partial charge in [-0.15, -0.1) is 0 Å². The number of ketones is 1. The number of anilines is 1. The number of hydrogen-bond acceptors (Lipinski definition) is 4. The second kappa shape index (κ2) is 10.7. The van der Waals surface area contributed by atoms with Crippen molar-refractivity contribution in [1.82, 2.24) is 9.13 Å². The summed E-state index contributed by atoms with van der Waals surface area (Å²) >= 11 is 6.06. The van der Waals surface area contributed by atoms with Crippen molar-refractivity contribution in [3.8, 4) is 6.07 Å². The number of amides is 1. The molecule has 212 valence electrons. The lowest BCUT2D eigenvalue weighted by molar-refractivity contribution is -0.137. The molecule has 0 spiro atoms. The Hall–Kier alpha value is -4.64. The maximum atomic E-state index is 14.0. The Balaban J connectivity index is 2.02. The van der Waals surface area contributed by atoms with Gasteiger partial charge < -0.3 is 5.32 Å². The Morgan fingerprint density at radius 1 is 1.07 bits per heavy atom. The fraction of sp³-hybridized carbons (Fsp3) is 0.154. The van der Waals surface area contributed by atoms with Crippen molar-refractivity contribution in [2.45, 2.75) is 19.1 Å². The molecule has 0 saturated heterocycles. The summed E-state index contributed by atoms with van der Waals surface area (Å²) in [6.07, 6.45) is -8.09. The Morgan fingerprint density at radius 3 is 2.37 bits per heavy atom. The average Bonchev–Trinajstić information content (AvgIpc) is 3.12. The number of halogens is 8. The standard InChI is InChI=1S/C26H14ClF7N4O3/c1-37-22-16(9-35)21(23(39)15-7-13(28)2-3-17(15)27)18(8-19(22)38(25(37)41)10-20(30)31)36-24(40)11-4-12(26(32,33)34)6-14(29)5-11/h2-8,20H,10H2,1H3,(H,36,40). The number of nitrogens with one attached hydrogen (secondary N) is 1. The van der Waals surface area contributed by atoms with Crippen LogP contribution < -0.4 is 11.0 Å². The molecule has 1 heterocycles. The van der Waals surface area contributed by atoms with Gasteiger partial charge in [-0.1, -0.05) is 11.6 Å². The molecular formula is C26H14ClF7N4O3. The number of fused-ring (bicyclic) bond motifs is 1. The molecule has 0 aliphatic heterocycles. The third-order valence-corrected chi connectivity index (χ3v) is 6.32. The minimum atomic E-state index is -5.03. The van der Waals surface area contributed by atoms with Crippen LogP contribution in [0.3, 0.4) is 0 Å². The lowest BCUT2D eigenvalue weighted by atomic mass is 9.95. The highest BCUT2D eigenvalue weighted by Crippen LogP contribution is 2.34. The molecule has 3 aromatic carbocycles. The lowest BCUT2D eigenvalue weighted by Gasteiger charge is -2.16. The molecule has 41 heavy (non-hydrogen) atoms. The van der Waals surface area contributed by atoms with Gasteiger partial charge in [0.25, 0.3) is 12.3 Å². The minimum Gasteiger partial charge on any atom is -0.321 e. The van der Waals surface area contributed by atoms with Crippen LogP contribution in [0.5, 0.6) is 0 Å². The van der Waals surface area contributed by atoms with Crippen molar-refractivity contribution < 1.29 is 40.3 Å². The largest absolute Gasteiger partial charge is 0.416 e. The zero-order valence-electron chi connectivity index (χ0n) is 20.4. The average molecular weight is 599 g/mol. The first kappa shape index (κ1) is 29.3. The number of benzene rings is 3. The summed E-state index contributed by atoms with van der Waals surface area (Å²) in [4.78, 5) is 39.4. The summed E-state index contributed by atoms with van der Waals surface area (Å²) in [5.74, 6) is -4.89. The van der Waals surface area contributed by atoms with Gasteiger partial charge in [0.2, 0.25) is 0 Å². The van der Waals surface area contributed by atoms with E-state index in [-0.39, 0.29) is 22.1 Å². The van der Waals surface area contributed by atoms with Gasteiger partial charge in [0.05, 0.1) is 45.0 Å². The SMILES string of the molecule is Cn1c(=O)n(CC(F)F)c2cc(NC(=O)c3cc(F)cc(C(F)(F)F)c3)c(C(=O)c3cc(F)ccc3Cl)c(C#N)c21. The van der Waals surface area contributed by atoms with Gasteiger partial charge in [-0.05, 0) is 42.5 Å². The minimum absolute atomic E-state index is 0.143. The van der Waals surface area contributed by atoms with Gasteiger partial charge in [-0.25, -0.2) is 22.4 Å². The highest BCUT2D eigenvalue weighted by atomic mass is 35.5. The molecule has 4 aromatic rings. The van der Waals surface area contributed by atoms with Crippen LogP contribution in [0.4, 0.5) is 36.4 Å². The number of carbonyl (C=O) groups is 2. The molecular weight excluding hydrogens is 585 g/mol. The number of rotatable bonds is 6. The predicted octanol–water partition coefficient (Wildman–Crippen LogP) is 5.91. The van der Waals surface area contributed by atoms with E-state index < -0.39 is 81.7 Å². The van der Waals surface area contributed by atoms with Crippen LogP contribution in [0, 0.1) is 23.0 Å². The van der Waals surface area contributed by atoms with E-state index in [1.165, 1.54) is 0 Å². The first-order valence-electron chi connectivity index (χ1n) is 11.3. The highest BCUT2D eigenvalue weighted by Gasteiger charge is 2.33. The van der Waals surface area contributed by atoms with Crippen molar-refractivity contribution in [2.24, 2.45) is 7.05 Å². The number of carbonyl (C=O) groups excluding carboxylic acids is 2. The predicted molar refractivity (Wildman–Crippen MR) is 132 cm³/mol. The molecule has 0 atom stereocenters. The fourth-order valence-electron chi connectivity index (χ4n) is 4.23. The molecule has 15 heteroatoms. The number of aryl methyl sites for hydroxylation is 1. The zero-order valence-corrected chi connectivity index (χ0v) is 21.2. The molecule has 1 aromatic heterocycles. The van der Waals surface area contributed by atoms with Gasteiger partial charge in [0.1, 0.15) is 17.7 Å². The molecule has 0 bridgehead atoms. The number of hydrogen-bond donors (Lipinski definition) is 1. The van der Waals surface area contributed by atoms with E-state index in [0.29, 0.717) is 22.8 Å². The van der Waals surface area contributed by atoms with Crippen LogP contribution in [0.2, 0.25) is 5.02 Å². The van der Waals surface area contributed by atoms with E-state index in [0.717, 1.165) is 29.8 Å². The Labute approximate surface area is 230 Å². The van der Waals surface area contributed by atoms with Gasteiger partial charge in [0.15, 0.2) is 5.78 Å². The summed E-state index contributed by atoms with van der Waals surface area (Å²) < 4.78 is 95.6. The third kappa shape index (κ3) is 5.53. The van der Waals surface area contributed by atoms with Crippen LogP contribution >= 0.6 is 11.6 Å². The third-order valence-electron chi connectivity index (χ3n) is 5.99. The second-order valence-corrected chi connectivity index (χ2v) is 9.04. The van der Waals surface area contributed by atoms with Crippen LogP contribution in [0.1, 0.15) is 37.4 Å². The maximum absolute atomic E-state index is 14.0. The first-order valence-corrected chi connectivity index (χ1v) is 11.6. The van der Waals surface area contributed by atoms with Crippen molar-refractivity contribution in [1.29, 1.82) is 5.26 Å². The van der Waals surface area contributed by atoms with Crippen LogP contribution in [0.15, 0.2) is 47.3 Å². The first-order chi connectivity index (χ1) is 19.1. The van der Waals surface area contributed by atoms with Gasteiger partial charge >= 0.3 is 11.9 Å². The van der Waals surface area contributed by atoms with Crippen LogP contribution in [-0.2, 0) is 19.8 Å². The Kier molecular flexibility index (Phi) is 7.68. The molecule has 0 saturated carbocycles. The van der Waals surface area contributed by atoms with E-state index in [2.05, 4.69) is 5.32 Å². The Morgan fingerprint density at radius 2 is 1.76 bits per heavy atom. The van der Waals surface area contributed by atoms with E-state index in [1.54, 1.807) is 6.07 Å². The molecule has 4 rings (SSSR count). The number of nitriles is 1. The van der Waals surface area contributed by atoms with E-state index in [4.69, 9.17) is 11.6 Å². The zero-order chi connectivity index (χ0) is 30.4. The monoisotopic (exact) mass is 598 g/mol. The highest BCUT2D eigenvalue weighted by molar-refractivity contribution is 6.35. The number of alkyl halides is 5. The van der Waals surface area contributed by atoms with Gasteiger partial charge in [-0.2, -0.15) is 18.4 Å². The van der Waals surface area contributed by atoms with Crippen LogP contribution in [0.25, 0.3) is 11.0 Å². The molecule has 1 amide bonds. The van der Waals surface area contributed by atoms with E-state index >= 15 is 0 Å². The fourth-order valence-corrected chi connectivity index (χ4v) is 4.43. The summed E-state index contributed by atoms with van der Waals surface area (Å²) in [5, 5.41) is 11.8. The summed E-state index contributed by atoms with van der Waals surface area (Å²) in [5.41, 5.74) is -6.47. The molecule has 0 aliphatic rings. The number of imidazole rings is 1. The van der Waals surface area contributed by atoms with Gasteiger partial charge in [-0.3, -0.25) is 18.7 Å². The molecule has 1 N–H and O–H groups in total. The smallest absolute Gasteiger partial charge is 0.321 e. The molecule has 0 fully saturated rings. The van der Waals surface area contributed by atoms with Crippen molar-refractivity contribution >= 4 is 40.0 Å². The normalized spacial score (nSPS) is 11.6. The summed E-state index contributed by atoms with van der Waals surface area (Å²) in [6.45, 7) is -1.16. The van der Waals surface area contributed by atoms with Gasteiger partial charge in [0, 0.05) is 18.2 Å². The van der Waals surface area contributed by atoms with E-state index in [9.17, 15) is 50.4 Å². The number of aromatic nitrogens is 2. The number of nitrogens with zero attached hydrogens (tertiary/aromatic N) is 3. The Bertz CT molecular complexity index is 1840.